The van der Waals surface area contributed by atoms with E-state index in [1.54, 1.807) is 13.1 Å². The van der Waals surface area contributed by atoms with Crippen molar-refractivity contribution >= 4 is 22.3 Å². The average Bonchev–Trinajstić information content (AvgIpc) is 2.70. The molecule has 0 saturated heterocycles. The second-order valence-corrected chi connectivity index (χ2v) is 4.23. The summed E-state index contributed by atoms with van der Waals surface area (Å²) < 4.78 is 6.95. The van der Waals surface area contributed by atoms with Crippen molar-refractivity contribution in [3.8, 4) is 0 Å². The Balaban J connectivity index is 2.53. The Labute approximate surface area is 91.5 Å². The molecule has 0 saturated carbocycles. The lowest BCUT2D eigenvalue weighted by Gasteiger charge is -1.99. The van der Waals surface area contributed by atoms with Gasteiger partial charge < -0.3 is 4.74 Å². The lowest BCUT2D eigenvalue weighted by atomic mass is 10.4. The standard InChI is InChI=1S/C10H12N2O2S/c1-4-14-9(13)8-7(3)12-6(2)5-11-10(12)15-8/h5H,4H2,1-3H3. The number of esters is 1. The van der Waals surface area contributed by atoms with Crippen LogP contribution in [0.5, 0.6) is 0 Å². The van der Waals surface area contributed by atoms with Crippen molar-refractivity contribution in [3.63, 3.8) is 0 Å². The van der Waals surface area contributed by atoms with Gasteiger partial charge >= 0.3 is 5.97 Å². The molecule has 0 fully saturated rings. The van der Waals surface area contributed by atoms with E-state index in [0.717, 1.165) is 16.3 Å². The van der Waals surface area contributed by atoms with Gasteiger partial charge in [0.2, 0.25) is 0 Å². The van der Waals surface area contributed by atoms with Crippen LogP contribution in [0.15, 0.2) is 6.20 Å². The second kappa shape index (κ2) is 3.66. The summed E-state index contributed by atoms with van der Waals surface area (Å²) in [5.74, 6) is -0.259. The van der Waals surface area contributed by atoms with Gasteiger partial charge in [-0.1, -0.05) is 11.3 Å². The topological polar surface area (TPSA) is 43.6 Å². The van der Waals surface area contributed by atoms with Gasteiger partial charge in [-0.25, -0.2) is 9.78 Å². The number of ether oxygens (including phenoxy) is 1. The van der Waals surface area contributed by atoms with Gasteiger partial charge in [-0.2, -0.15) is 0 Å². The van der Waals surface area contributed by atoms with Gasteiger partial charge in [0, 0.05) is 17.6 Å². The van der Waals surface area contributed by atoms with Crippen LogP contribution in [0.2, 0.25) is 0 Å². The van der Waals surface area contributed by atoms with Crippen LogP contribution >= 0.6 is 11.3 Å². The van der Waals surface area contributed by atoms with Gasteiger partial charge in [0.15, 0.2) is 4.96 Å². The first-order chi connectivity index (χ1) is 7.15. The first-order valence-corrected chi connectivity index (χ1v) is 5.57. The first kappa shape index (κ1) is 10.2. The van der Waals surface area contributed by atoms with E-state index in [2.05, 4.69) is 4.98 Å². The molecule has 0 aromatic carbocycles. The van der Waals surface area contributed by atoms with Gasteiger partial charge in [-0.15, -0.1) is 0 Å². The lowest BCUT2D eigenvalue weighted by Crippen LogP contribution is -2.04. The summed E-state index contributed by atoms with van der Waals surface area (Å²) >= 11 is 1.37. The fourth-order valence-corrected chi connectivity index (χ4v) is 2.59. The third-order valence-corrected chi connectivity index (χ3v) is 3.36. The van der Waals surface area contributed by atoms with Crippen molar-refractivity contribution in [2.24, 2.45) is 0 Å². The van der Waals surface area contributed by atoms with Crippen LogP contribution in [0.25, 0.3) is 4.96 Å². The third kappa shape index (κ3) is 1.52. The predicted molar refractivity (Wildman–Crippen MR) is 58.5 cm³/mol. The van der Waals surface area contributed by atoms with E-state index < -0.39 is 0 Å². The molecule has 0 N–H and O–H groups in total. The molecular weight excluding hydrogens is 212 g/mol. The fraction of sp³-hybridized carbons (Fsp3) is 0.400. The fourth-order valence-electron chi connectivity index (χ4n) is 1.55. The molecule has 0 atom stereocenters. The van der Waals surface area contributed by atoms with Gasteiger partial charge in [0.1, 0.15) is 4.88 Å². The Morgan fingerprint density at radius 1 is 1.60 bits per heavy atom. The summed E-state index contributed by atoms with van der Waals surface area (Å²) in [6.07, 6.45) is 1.80. The maximum Gasteiger partial charge on any atom is 0.350 e. The quantitative estimate of drug-likeness (QED) is 0.734. The van der Waals surface area contributed by atoms with Crippen molar-refractivity contribution in [3.05, 3.63) is 22.5 Å². The molecule has 0 amide bonds. The zero-order valence-corrected chi connectivity index (χ0v) is 9.72. The molecule has 0 unspecified atom stereocenters. The third-order valence-electron chi connectivity index (χ3n) is 2.22. The molecule has 5 heteroatoms. The Morgan fingerprint density at radius 3 is 2.93 bits per heavy atom. The molecule has 80 valence electrons. The average molecular weight is 224 g/mol. The molecule has 0 radical (unpaired) electrons. The molecular formula is C10H12N2O2S. The molecule has 0 aliphatic heterocycles. The van der Waals surface area contributed by atoms with Crippen LogP contribution in [0, 0.1) is 13.8 Å². The van der Waals surface area contributed by atoms with Crippen molar-refractivity contribution in [1.29, 1.82) is 0 Å². The number of nitrogens with zero attached hydrogens (tertiary/aromatic N) is 2. The van der Waals surface area contributed by atoms with Crippen LogP contribution in [0.4, 0.5) is 0 Å². The molecule has 2 heterocycles. The van der Waals surface area contributed by atoms with E-state index in [1.807, 2.05) is 18.2 Å². The number of thiazole rings is 1. The number of hydrogen-bond acceptors (Lipinski definition) is 4. The summed E-state index contributed by atoms with van der Waals surface area (Å²) in [6.45, 7) is 6.08. The highest BCUT2D eigenvalue weighted by Gasteiger charge is 2.18. The molecule has 0 spiro atoms. The van der Waals surface area contributed by atoms with Gasteiger partial charge in [-0.3, -0.25) is 4.40 Å². The summed E-state index contributed by atoms with van der Waals surface area (Å²) in [4.78, 5) is 17.3. The lowest BCUT2D eigenvalue weighted by molar-refractivity contribution is 0.0531. The number of hydrogen-bond donors (Lipinski definition) is 0. The van der Waals surface area contributed by atoms with Crippen molar-refractivity contribution < 1.29 is 9.53 Å². The molecule has 0 aliphatic rings. The molecule has 2 aromatic heterocycles. The SMILES string of the molecule is CCOC(=O)c1sc2ncc(C)n2c1C. The highest BCUT2D eigenvalue weighted by atomic mass is 32.1. The van der Waals surface area contributed by atoms with E-state index in [-0.39, 0.29) is 5.97 Å². The van der Waals surface area contributed by atoms with Crippen LogP contribution in [-0.2, 0) is 4.74 Å². The summed E-state index contributed by atoms with van der Waals surface area (Å²) in [6, 6.07) is 0. The number of aryl methyl sites for hydroxylation is 2. The molecule has 2 rings (SSSR count). The molecule has 0 bridgehead atoms. The second-order valence-electron chi connectivity index (χ2n) is 3.25. The van der Waals surface area contributed by atoms with Crippen molar-refractivity contribution in [1.82, 2.24) is 9.38 Å². The smallest absolute Gasteiger partial charge is 0.350 e. The minimum atomic E-state index is -0.259. The van der Waals surface area contributed by atoms with Crippen LogP contribution in [0.3, 0.4) is 0 Å². The summed E-state index contributed by atoms with van der Waals surface area (Å²) in [5, 5.41) is 0. The monoisotopic (exact) mass is 224 g/mol. The number of fused-ring (bicyclic) bond motifs is 1. The molecule has 15 heavy (non-hydrogen) atoms. The van der Waals surface area contributed by atoms with Gasteiger partial charge in [0.25, 0.3) is 0 Å². The molecule has 2 aromatic rings. The Kier molecular flexibility index (Phi) is 2.48. The van der Waals surface area contributed by atoms with Crippen LogP contribution in [-0.4, -0.2) is 22.0 Å². The summed E-state index contributed by atoms with van der Waals surface area (Å²) in [5.41, 5.74) is 1.94. The van der Waals surface area contributed by atoms with Crippen LogP contribution < -0.4 is 0 Å². The Hall–Kier alpha value is -1.36. The number of aromatic nitrogens is 2. The Morgan fingerprint density at radius 2 is 2.33 bits per heavy atom. The van der Waals surface area contributed by atoms with Gasteiger partial charge in [0.05, 0.1) is 6.61 Å². The normalized spacial score (nSPS) is 10.9. The van der Waals surface area contributed by atoms with Crippen molar-refractivity contribution in [2.75, 3.05) is 6.61 Å². The van der Waals surface area contributed by atoms with Crippen molar-refractivity contribution in [2.45, 2.75) is 20.8 Å². The maximum absolute atomic E-state index is 11.6. The minimum Gasteiger partial charge on any atom is -0.462 e. The highest BCUT2D eigenvalue weighted by Crippen LogP contribution is 2.24. The zero-order chi connectivity index (χ0) is 11.0. The number of carbonyl (C=O) groups excluding carboxylic acids is 1. The van der Waals surface area contributed by atoms with E-state index in [4.69, 9.17) is 4.74 Å². The summed E-state index contributed by atoms with van der Waals surface area (Å²) in [7, 11) is 0. The number of carbonyl (C=O) groups is 1. The largest absolute Gasteiger partial charge is 0.462 e. The predicted octanol–water partition coefficient (Wildman–Crippen LogP) is 2.19. The molecule has 4 nitrogen and oxygen atoms in total. The number of imidazole rings is 1. The van der Waals surface area contributed by atoms with E-state index in [0.29, 0.717) is 11.5 Å². The van der Waals surface area contributed by atoms with Gasteiger partial charge in [-0.05, 0) is 20.8 Å². The first-order valence-electron chi connectivity index (χ1n) is 4.75. The number of rotatable bonds is 2. The zero-order valence-electron chi connectivity index (χ0n) is 8.90. The highest BCUT2D eigenvalue weighted by molar-refractivity contribution is 7.19. The van der Waals surface area contributed by atoms with Crippen LogP contribution in [0.1, 0.15) is 28.0 Å². The molecule has 0 aliphatic carbocycles. The van der Waals surface area contributed by atoms with E-state index >= 15 is 0 Å². The minimum absolute atomic E-state index is 0.259. The van der Waals surface area contributed by atoms with E-state index in [1.165, 1.54) is 11.3 Å². The van der Waals surface area contributed by atoms with E-state index in [9.17, 15) is 4.79 Å². The Bertz CT molecular complexity index is 513. The maximum atomic E-state index is 11.6.